The van der Waals surface area contributed by atoms with E-state index >= 15 is 0 Å². The van der Waals surface area contributed by atoms with Gasteiger partial charge in [0.25, 0.3) is 5.56 Å². The largest absolute Gasteiger partial charge is 0.379 e. The summed E-state index contributed by atoms with van der Waals surface area (Å²) in [4.78, 5) is 26.3. The van der Waals surface area contributed by atoms with Crippen LogP contribution in [0.3, 0.4) is 0 Å². The zero-order chi connectivity index (χ0) is 15.5. The Morgan fingerprint density at radius 3 is 3.18 bits per heavy atom. The summed E-state index contributed by atoms with van der Waals surface area (Å²) in [7, 11) is 0. The molecule has 1 aliphatic carbocycles. The predicted octanol–water partition coefficient (Wildman–Crippen LogP) is 2.82. The SMILES string of the molecule is CCCCN=C(N)SCc1nc2sc3c(c2c(=O)[nH]1)CCC3. The number of nitrogens with zero attached hydrogens (tertiary/aromatic N) is 2. The van der Waals surface area contributed by atoms with Crippen LogP contribution in [0, 0.1) is 0 Å². The van der Waals surface area contributed by atoms with Gasteiger partial charge in [-0.15, -0.1) is 11.3 Å². The molecule has 0 spiro atoms. The predicted molar refractivity (Wildman–Crippen MR) is 95.0 cm³/mol. The fourth-order valence-electron chi connectivity index (χ4n) is 2.65. The van der Waals surface area contributed by atoms with Crippen molar-refractivity contribution in [3.63, 3.8) is 0 Å². The second-order valence-corrected chi connectivity index (χ2v) is 7.49. The lowest BCUT2D eigenvalue weighted by Gasteiger charge is -2.02. The third kappa shape index (κ3) is 3.20. The summed E-state index contributed by atoms with van der Waals surface area (Å²) in [5, 5.41) is 1.36. The number of unbranched alkanes of at least 4 members (excludes halogenated alkanes) is 1. The molecule has 3 N–H and O–H groups in total. The molecule has 0 aromatic carbocycles. The molecule has 2 heterocycles. The number of nitrogens with one attached hydrogen (secondary N) is 1. The number of fused-ring (bicyclic) bond motifs is 3. The Morgan fingerprint density at radius 2 is 2.36 bits per heavy atom. The van der Waals surface area contributed by atoms with Crippen LogP contribution >= 0.6 is 23.1 Å². The van der Waals surface area contributed by atoms with Gasteiger partial charge < -0.3 is 10.7 Å². The van der Waals surface area contributed by atoms with Crippen molar-refractivity contribution < 1.29 is 0 Å². The number of aromatic amines is 1. The van der Waals surface area contributed by atoms with Gasteiger partial charge in [0.2, 0.25) is 0 Å². The molecule has 7 heteroatoms. The summed E-state index contributed by atoms with van der Waals surface area (Å²) < 4.78 is 0. The van der Waals surface area contributed by atoms with Gasteiger partial charge in [0.15, 0.2) is 5.17 Å². The smallest absolute Gasteiger partial charge is 0.259 e. The van der Waals surface area contributed by atoms with E-state index in [1.165, 1.54) is 22.2 Å². The molecule has 0 unspecified atom stereocenters. The zero-order valence-corrected chi connectivity index (χ0v) is 14.3. The van der Waals surface area contributed by atoms with Crippen molar-refractivity contribution in [3.05, 3.63) is 26.6 Å². The molecule has 0 aliphatic heterocycles. The van der Waals surface area contributed by atoms with E-state index in [1.54, 1.807) is 11.3 Å². The number of nitrogens with two attached hydrogens (primary N) is 1. The van der Waals surface area contributed by atoms with E-state index in [9.17, 15) is 4.79 Å². The number of aliphatic imine (C=N–C) groups is 1. The van der Waals surface area contributed by atoms with Gasteiger partial charge in [-0.2, -0.15) is 0 Å². The summed E-state index contributed by atoms with van der Waals surface area (Å²) in [5.41, 5.74) is 7.07. The summed E-state index contributed by atoms with van der Waals surface area (Å²) >= 11 is 3.09. The molecule has 0 atom stereocenters. The maximum absolute atomic E-state index is 12.3. The topological polar surface area (TPSA) is 84.1 Å². The van der Waals surface area contributed by atoms with Crippen molar-refractivity contribution in [1.29, 1.82) is 0 Å². The normalized spacial score (nSPS) is 14.7. The molecule has 2 aromatic rings. The highest BCUT2D eigenvalue weighted by Crippen LogP contribution is 2.34. The third-order valence-corrected chi connectivity index (χ3v) is 5.79. The van der Waals surface area contributed by atoms with E-state index in [0.717, 1.165) is 48.9 Å². The fourth-order valence-corrected chi connectivity index (χ4v) is 4.54. The molecule has 1 aliphatic rings. The second kappa shape index (κ2) is 6.83. The number of aryl methyl sites for hydroxylation is 2. The van der Waals surface area contributed by atoms with Gasteiger partial charge in [0.05, 0.1) is 11.1 Å². The van der Waals surface area contributed by atoms with Gasteiger partial charge >= 0.3 is 0 Å². The van der Waals surface area contributed by atoms with E-state index in [0.29, 0.717) is 16.7 Å². The van der Waals surface area contributed by atoms with Crippen molar-refractivity contribution >= 4 is 38.5 Å². The van der Waals surface area contributed by atoms with E-state index in [-0.39, 0.29) is 5.56 Å². The minimum absolute atomic E-state index is 0.0125. The van der Waals surface area contributed by atoms with E-state index in [4.69, 9.17) is 5.73 Å². The Morgan fingerprint density at radius 1 is 1.50 bits per heavy atom. The second-order valence-electron chi connectivity index (χ2n) is 5.41. The molecule has 0 saturated heterocycles. The number of aromatic nitrogens is 2. The lowest BCUT2D eigenvalue weighted by molar-refractivity contribution is 0.809. The Bertz CT molecular complexity index is 763. The molecule has 0 saturated carbocycles. The molecule has 0 bridgehead atoms. The summed E-state index contributed by atoms with van der Waals surface area (Å²) in [6.07, 6.45) is 5.39. The lowest BCUT2D eigenvalue weighted by atomic mass is 10.2. The molecule has 2 aromatic heterocycles. The number of H-pyrrole nitrogens is 1. The molecule has 118 valence electrons. The zero-order valence-electron chi connectivity index (χ0n) is 12.6. The number of thioether (sulfide) groups is 1. The van der Waals surface area contributed by atoms with Gasteiger partial charge in [-0.25, -0.2) is 4.98 Å². The van der Waals surface area contributed by atoms with Crippen LogP contribution in [0.4, 0.5) is 0 Å². The standard InChI is InChI=1S/C15H20N4OS2/c1-2-3-7-17-15(16)21-8-11-18-13(20)12-9-5-4-6-10(9)22-14(12)19-11/h2-8H2,1H3,(H2,16,17)(H,18,19,20). The van der Waals surface area contributed by atoms with Gasteiger partial charge in [-0.1, -0.05) is 25.1 Å². The first-order valence-electron chi connectivity index (χ1n) is 7.65. The van der Waals surface area contributed by atoms with Crippen molar-refractivity contribution in [2.45, 2.75) is 44.8 Å². The van der Waals surface area contributed by atoms with Gasteiger partial charge in [-0.05, 0) is 31.2 Å². The molecule has 22 heavy (non-hydrogen) atoms. The number of hydrogen-bond donors (Lipinski definition) is 2. The highest BCUT2D eigenvalue weighted by atomic mass is 32.2. The van der Waals surface area contributed by atoms with Crippen LogP contribution in [0.5, 0.6) is 0 Å². The Labute approximate surface area is 137 Å². The molecule has 5 nitrogen and oxygen atoms in total. The Balaban J connectivity index is 1.75. The average Bonchev–Trinajstić information content (AvgIpc) is 3.05. The van der Waals surface area contributed by atoms with Crippen LogP contribution in [0.25, 0.3) is 10.2 Å². The summed E-state index contributed by atoms with van der Waals surface area (Å²) in [6, 6.07) is 0. The van der Waals surface area contributed by atoms with E-state index in [1.807, 2.05) is 0 Å². The van der Waals surface area contributed by atoms with Crippen LogP contribution in [0.1, 0.15) is 42.5 Å². The fraction of sp³-hybridized carbons (Fsp3) is 0.533. The first-order valence-corrected chi connectivity index (χ1v) is 9.45. The molecular formula is C15H20N4OS2. The van der Waals surface area contributed by atoms with Gasteiger partial charge in [0, 0.05) is 11.4 Å². The number of amidine groups is 1. The van der Waals surface area contributed by atoms with Crippen LogP contribution in [0.2, 0.25) is 0 Å². The maximum Gasteiger partial charge on any atom is 0.259 e. The molecule has 0 radical (unpaired) electrons. The quantitative estimate of drug-likeness (QED) is 0.499. The molecule has 3 rings (SSSR count). The van der Waals surface area contributed by atoms with Crippen molar-refractivity contribution in [2.24, 2.45) is 10.7 Å². The van der Waals surface area contributed by atoms with Crippen LogP contribution in [-0.2, 0) is 18.6 Å². The molecule has 0 amide bonds. The molecular weight excluding hydrogens is 316 g/mol. The number of rotatable bonds is 5. The van der Waals surface area contributed by atoms with E-state index in [2.05, 4.69) is 21.9 Å². The lowest BCUT2D eigenvalue weighted by Crippen LogP contribution is -2.13. The van der Waals surface area contributed by atoms with Crippen molar-refractivity contribution in [2.75, 3.05) is 6.54 Å². The van der Waals surface area contributed by atoms with Gasteiger partial charge in [0.1, 0.15) is 10.7 Å². The highest BCUT2D eigenvalue weighted by Gasteiger charge is 2.21. The number of thiophene rings is 1. The van der Waals surface area contributed by atoms with Crippen LogP contribution < -0.4 is 11.3 Å². The van der Waals surface area contributed by atoms with Crippen molar-refractivity contribution in [3.8, 4) is 0 Å². The molecule has 0 fully saturated rings. The Kier molecular flexibility index (Phi) is 4.83. The van der Waals surface area contributed by atoms with Gasteiger partial charge in [-0.3, -0.25) is 9.79 Å². The van der Waals surface area contributed by atoms with Crippen molar-refractivity contribution in [1.82, 2.24) is 9.97 Å². The summed E-state index contributed by atoms with van der Waals surface area (Å²) in [5.74, 6) is 1.23. The third-order valence-electron chi connectivity index (χ3n) is 3.76. The van der Waals surface area contributed by atoms with Crippen LogP contribution in [0.15, 0.2) is 9.79 Å². The summed E-state index contributed by atoms with van der Waals surface area (Å²) in [6.45, 7) is 2.89. The highest BCUT2D eigenvalue weighted by molar-refractivity contribution is 8.13. The van der Waals surface area contributed by atoms with E-state index < -0.39 is 0 Å². The first-order chi connectivity index (χ1) is 10.7. The minimum atomic E-state index is -0.0125. The monoisotopic (exact) mass is 336 g/mol. The average molecular weight is 336 g/mol. The minimum Gasteiger partial charge on any atom is -0.379 e. The maximum atomic E-state index is 12.3. The first kappa shape index (κ1) is 15.6. The van der Waals surface area contributed by atoms with Crippen LogP contribution in [-0.4, -0.2) is 21.7 Å². The number of hydrogen-bond acceptors (Lipinski definition) is 5. The Hall–Kier alpha value is -1.34.